The Balaban J connectivity index is 1.15. The number of ether oxygens (including phenoxy) is 1. The lowest BCUT2D eigenvalue weighted by Crippen LogP contribution is -2.35. The van der Waals surface area contributed by atoms with E-state index in [0.29, 0.717) is 43.1 Å². The van der Waals surface area contributed by atoms with Gasteiger partial charge in [-0.15, -0.1) is 0 Å². The molecule has 0 saturated carbocycles. The van der Waals surface area contributed by atoms with Crippen LogP contribution in [0.1, 0.15) is 49.7 Å². The van der Waals surface area contributed by atoms with Gasteiger partial charge in [0.2, 0.25) is 0 Å². The fourth-order valence-corrected chi connectivity index (χ4v) is 4.90. The van der Waals surface area contributed by atoms with Gasteiger partial charge in [-0.2, -0.15) is 10.4 Å². The summed E-state index contributed by atoms with van der Waals surface area (Å²) in [5.74, 6) is 1.55. The number of Topliss-reactive ketones (excluding diaryl/α,β-unsaturated/α-hetero) is 1. The topological polar surface area (TPSA) is 115 Å². The largest absolute Gasteiger partial charge is 0.379 e. The Morgan fingerprint density at radius 1 is 1.24 bits per heavy atom. The second-order valence-electron chi connectivity index (χ2n) is 9.21. The lowest BCUT2D eigenvalue weighted by molar-refractivity contribution is -0.121. The maximum absolute atomic E-state index is 12.5. The summed E-state index contributed by atoms with van der Waals surface area (Å²) in [4.78, 5) is 33.2. The van der Waals surface area contributed by atoms with Crippen LogP contribution in [0.5, 0.6) is 0 Å². The van der Waals surface area contributed by atoms with Gasteiger partial charge in [0.05, 0.1) is 36.7 Å². The molecular formula is C25H32N6O3. The quantitative estimate of drug-likeness (QED) is 0.563. The first kappa shape index (κ1) is 23.9. The van der Waals surface area contributed by atoms with Gasteiger partial charge in [0, 0.05) is 44.2 Å². The van der Waals surface area contributed by atoms with Crippen molar-refractivity contribution in [1.82, 2.24) is 15.2 Å². The molecule has 0 radical (unpaired) electrons. The minimum Gasteiger partial charge on any atom is -0.379 e. The molecule has 2 aromatic heterocycles. The number of H-pyrrole nitrogens is 1. The number of anilines is 2. The Hall–Kier alpha value is -3.25. The predicted octanol–water partition coefficient (Wildman–Crippen LogP) is 2.60. The van der Waals surface area contributed by atoms with Crippen LogP contribution in [0.3, 0.4) is 0 Å². The monoisotopic (exact) mass is 464 g/mol. The molecule has 0 bridgehead atoms. The van der Waals surface area contributed by atoms with Crippen molar-refractivity contribution in [2.24, 2.45) is 5.92 Å². The van der Waals surface area contributed by atoms with E-state index in [0.717, 1.165) is 56.8 Å². The van der Waals surface area contributed by atoms with E-state index in [2.05, 4.69) is 31.1 Å². The number of piperidine rings is 1. The molecule has 1 atom stereocenters. The van der Waals surface area contributed by atoms with Gasteiger partial charge in [-0.25, -0.2) is 10.1 Å². The standard InChI is InChI=1S/C25H32N6O3/c1-18-23(16-28-29-25(18)33)31-9-2-3-21(31)17-34-12-8-22(32)13-19-6-10-30(11-7-19)24-5-4-20(14-26)15-27-24/h4-5,15-16,19,21H,2-3,6-13,17H2,1H3,(H,29,33)/t21-/m0/s1. The molecule has 2 aliphatic rings. The molecule has 0 spiro atoms. The summed E-state index contributed by atoms with van der Waals surface area (Å²) in [6, 6.07) is 5.98. The molecule has 4 heterocycles. The zero-order valence-corrected chi connectivity index (χ0v) is 19.7. The highest BCUT2D eigenvalue weighted by atomic mass is 16.5. The van der Waals surface area contributed by atoms with Crippen molar-refractivity contribution >= 4 is 17.3 Å². The molecule has 0 aromatic carbocycles. The predicted molar refractivity (Wildman–Crippen MR) is 129 cm³/mol. The third-order valence-electron chi connectivity index (χ3n) is 6.93. The molecule has 9 heteroatoms. The Kier molecular flexibility index (Phi) is 7.91. The van der Waals surface area contributed by atoms with Crippen molar-refractivity contribution in [1.29, 1.82) is 5.26 Å². The molecule has 0 aliphatic carbocycles. The van der Waals surface area contributed by atoms with Crippen LogP contribution in [-0.4, -0.2) is 59.9 Å². The number of aromatic amines is 1. The summed E-state index contributed by atoms with van der Waals surface area (Å²) in [7, 11) is 0. The highest BCUT2D eigenvalue weighted by Crippen LogP contribution is 2.27. The van der Waals surface area contributed by atoms with Crippen molar-refractivity contribution in [3.63, 3.8) is 0 Å². The summed E-state index contributed by atoms with van der Waals surface area (Å²) in [6.07, 6.45) is 8.35. The second-order valence-corrected chi connectivity index (χ2v) is 9.21. The molecule has 2 saturated heterocycles. The Labute approximate surface area is 199 Å². The summed E-state index contributed by atoms with van der Waals surface area (Å²) in [5.41, 5.74) is 1.95. The number of nitrogens with zero attached hydrogens (tertiary/aromatic N) is 5. The van der Waals surface area contributed by atoms with Crippen molar-refractivity contribution < 1.29 is 9.53 Å². The van der Waals surface area contributed by atoms with E-state index in [1.807, 2.05) is 13.0 Å². The minimum atomic E-state index is -0.159. The minimum absolute atomic E-state index is 0.159. The van der Waals surface area contributed by atoms with Gasteiger partial charge < -0.3 is 14.5 Å². The van der Waals surface area contributed by atoms with Gasteiger partial charge >= 0.3 is 0 Å². The van der Waals surface area contributed by atoms with Crippen LogP contribution in [-0.2, 0) is 9.53 Å². The van der Waals surface area contributed by atoms with Crippen molar-refractivity contribution in [3.8, 4) is 6.07 Å². The van der Waals surface area contributed by atoms with E-state index in [1.54, 1.807) is 18.5 Å². The lowest BCUT2D eigenvalue weighted by atomic mass is 9.91. The molecular weight excluding hydrogens is 432 g/mol. The normalized spacial score (nSPS) is 18.8. The Morgan fingerprint density at radius 3 is 2.79 bits per heavy atom. The van der Waals surface area contributed by atoms with Gasteiger partial charge in [0.15, 0.2) is 0 Å². The Morgan fingerprint density at radius 2 is 2.06 bits per heavy atom. The van der Waals surface area contributed by atoms with E-state index in [1.165, 1.54) is 0 Å². The zero-order valence-electron chi connectivity index (χ0n) is 19.7. The number of hydrogen-bond acceptors (Lipinski definition) is 8. The number of rotatable bonds is 9. The first-order valence-electron chi connectivity index (χ1n) is 12.1. The van der Waals surface area contributed by atoms with Crippen LogP contribution in [0.25, 0.3) is 0 Å². The third-order valence-corrected chi connectivity index (χ3v) is 6.93. The molecule has 1 N–H and O–H groups in total. The van der Waals surface area contributed by atoms with Crippen LogP contribution in [0.4, 0.5) is 11.5 Å². The fraction of sp³-hybridized carbons (Fsp3) is 0.560. The van der Waals surface area contributed by atoms with Crippen molar-refractivity contribution in [2.75, 3.05) is 42.6 Å². The molecule has 4 rings (SSSR count). The number of carbonyl (C=O) groups excluding carboxylic acids is 1. The lowest BCUT2D eigenvalue weighted by Gasteiger charge is -2.32. The summed E-state index contributed by atoms with van der Waals surface area (Å²) in [6.45, 7) is 5.44. The van der Waals surface area contributed by atoms with E-state index in [9.17, 15) is 9.59 Å². The second kappa shape index (κ2) is 11.3. The number of nitriles is 1. The van der Waals surface area contributed by atoms with Crippen molar-refractivity contribution in [3.05, 3.63) is 46.0 Å². The van der Waals surface area contributed by atoms with E-state index in [-0.39, 0.29) is 17.4 Å². The molecule has 0 unspecified atom stereocenters. The van der Waals surface area contributed by atoms with Gasteiger partial charge in [-0.3, -0.25) is 9.59 Å². The Bertz CT molecular complexity index is 1070. The number of nitrogens with one attached hydrogen (secondary N) is 1. The summed E-state index contributed by atoms with van der Waals surface area (Å²) >= 11 is 0. The van der Waals surface area contributed by atoms with Gasteiger partial charge in [0.1, 0.15) is 17.7 Å². The van der Waals surface area contributed by atoms with Gasteiger partial charge in [0.25, 0.3) is 5.56 Å². The van der Waals surface area contributed by atoms with Crippen molar-refractivity contribution in [2.45, 2.75) is 51.5 Å². The third kappa shape index (κ3) is 5.81. The summed E-state index contributed by atoms with van der Waals surface area (Å²) in [5, 5.41) is 15.3. The number of carbonyl (C=O) groups is 1. The van der Waals surface area contributed by atoms with E-state index < -0.39 is 0 Å². The molecule has 2 aliphatic heterocycles. The van der Waals surface area contributed by atoms with Crippen LogP contribution in [0, 0.1) is 24.2 Å². The van der Waals surface area contributed by atoms with E-state index in [4.69, 9.17) is 10.00 Å². The van der Waals surface area contributed by atoms with Crippen LogP contribution in [0.2, 0.25) is 0 Å². The SMILES string of the molecule is Cc1c(N2CCC[C@H]2COCCC(=O)CC2CCN(c3ccc(C#N)cn3)CC2)cn[nH]c1=O. The number of pyridine rings is 1. The molecule has 9 nitrogen and oxygen atoms in total. The molecule has 34 heavy (non-hydrogen) atoms. The number of aromatic nitrogens is 3. The van der Waals surface area contributed by atoms with E-state index >= 15 is 0 Å². The molecule has 2 aromatic rings. The molecule has 180 valence electrons. The van der Waals surface area contributed by atoms with Crippen LogP contribution in [0.15, 0.2) is 29.3 Å². The van der Waals surface area contributed by atoms with Crippen LogP contribution < -0.4 is 15.4 Å². The molecule has 2 fully saturated rings. The number of hydrogen-bond donors (Lipinski definition) is 1. The average Bonchev–Trinajstić information content (AvgIpc) is 3.32. The highest BCUT2D eigenvalue weighted by Gasteiger charge is 2.27. The first-order chi connectivity index (χ1) is 16.5. The van der Waals surface area contributed by atoms with Gasteiger partial charge in [-0.1, -0.05) is 0 Å². The van der Waals surface area contributed by atoms with Gasteiger partial charge in [-0.05, 0) is 50.7 Å². The zero-order chi connectivity index (χ0) is 23.9. The maximum Gasteiger partial charge on any atom is 0.269 e. The average molecular weight is 465 g/mol. The number of ketones is 1. The smallest absolute Gasteiger partial charge is 0.269 e. The molecule has 0 amide bonds. The fourth-order valence-electron chi connectivity index (χ4n) is 4.90. The first-order valence-corrected chi connectivity index (χ1v) is 12.1. The maximum atomic E-state index is 12.5. The summed E-state index contributed by atoms with van der Waals surface area (Å²) < 4.78 is 5.88. The van der Waals surface area contributed by atoms with Crippen LogP contribution >= 0.6 is 0 Å². The highest BCUT2D eigenvalue weighted by molar-refractivity contribution is 5.78.